The molecule has 21 heavy (non-hydrogen) atoms. The summed E-state index contributed by atoms with van der Waals surface area (Å²) in [7, 11) is 0. The van der Waals surface area contributed by atoms with Crippen LogP contribution in [-0.4, -0.2) is 4.92 Å². The van der Waals surface area contributed by atoms with Crippen molar-refractivity contribution < 1.29 is 4.92 Å². The van der Waals surface area contributed by atoms with Crippen molar-refractivity contribution in [3.8, 4) is 0 Å². The second-order valence-electron chi connectivity index (χ2n) is 5.35. The average Bonchev–Trinajstić information content (AvgIpc) is 2.45. The van der Waals surface area contributed by atoms with Crippen molar-refractivity contribution in [3.63, 3.8) is 0 Å². The molecule has 2 rings (SSSR count). The molecule has 0 aromatic heterocycles. The van der Waals surface area contributed by atoms with Gasteiger partial charge in [0.15, 0.2) is 0 Å². The van der Waals surface area contributed by atoms with Crippen LogP contribution >= 0.6 is 0 Å². The van der Waals surface area contributed by atoms with Crippen molar-refractivity contribution in [1.82, 2.24) is 5.32 Å². The third kappa shape index (κ3) is 3.67. The molecule has 2 aromatic rings. The number of aryl methyl sites for hydroxylation is 2. The first-order valence-corrected chi connectivity index (χ1v) is 7.02. The molecule has 0 aliphatic rings. The van der Waals surface area contributed by atoms with Gasteiger partial charge in [-0.1, -0.05) is 42.0 Å². The maximum Gasteiger partial charge on any atom is 0.273 e. The Balaban J connectivity index is 2.11. The van der Waals surface area contributed by atoms with Crippen LogP contribution in [0.15, 0.2) is 42.5 Å². The summed E-state index contributed by atoms with van der Waals surface area (Å²) in [6.45, 7) is 6.71. The van der Waals surface area contributed by atoms with Crippen molar-refractivity contribution in [2.75, 3.05) is 0 Å². The van der Waals surface area contributed by atoms with Gasteiger partial charge in [-0.05, 0) is 31.9 Å². The normalized spacial score (nSPS) is 12.1. The van der Waals surface area contributed by atoms with Gasteiger partial charge in [0, 0.05) is 24.2 Å². The monoisotopic (exact) mass is 284 g/mol. The van der Waals surface area contributed by atoms with Gasteiger partial charge in [0.2, 0.25) is 0 Å². The zero-order valence-electron chi connectivity index (χ0n) is 12.6. The fraction of sp³-hybridized carbons (Fsp3) is 0.294. The molecule has 0 bridgehead atoms. The van der Waals surface area contributed by atoms with Gasteiger partial charge < -0.3 is 5.32 Å². The smallest absolute Gasteiger partial charge is 0.273 e. The van der Waals surface area contributed by atoms with Crippen LogP contribution in [0.3, 0.4) is 0 Å². The molecule has 0 spiro atoms. The fourth-order valence-corrected chi connectivity index (χ4v) is 2.52. The van der Waals surface area contributed by atoms with E-state index in [2.05, 4.69) is 44.3 Å². The van der Waals surface area contributed by atoms with Gasteiger partial charge in [0.25, 0.3) is 5.69 Å². The van der Waals surface area contributed by atoms with E-state index < -0.39 is 0 Å². The third-order valence-corrected chi connectivity index (χ3v) is 3.68. The van der Waals surface area contributed by atoms with Crippen LogP contribution < -0.4 is 5.32 Å². The number of nitrogens with one attached hydrogen (secondary N) is 1. The van der Waals surface area contributed by atoms with Gasteiger partial charge in [-0.3, -0.25) is 10.1 Å². The molecule has 0 amide bonds. The van der Waals surface area contributed by atoms with Crippen molar-refractivity contribution in [1.29, 1.82) is 0 Å². The number of benzene rings is 2. The van der Waals surface area contributed by atoms with Crippen molar-refractivity contribution in [2.24, 2.45) is 0 Å². The molecule has 0 fully saturated rings. The maximum absolute atomic E-state index is 11.0. The minimum atomic E-state index is -0.335. The van der Waals surface area contributed by atoms with Crippen LogP contribution in [0.5, 0.6) is 0 Å². The number of nitrogens with zero attached hydrogens (tertiary/aromatic N) is 1. The molecule has 2 aromatic carbocycles. The van der Waals surface area contributed by atoms with E-state index in [1.807, 2.05) is 6.07 Å². The standard InChI is InChI=1S/C17H20N2O2/c1-12-8-9-16(13(2)10-12)14(3)18-11-15-6-4-5-7-17(15)19(20)21/h4-10,14,18H,11H2,1-3H3. The minimum absolute atomic E-state index is 0.144. The Morgan fingerprint density at radius 1 is 1.19 bits per heavy atom. The largest absolute Gasteiger partial charge is 0.306 e. The lowest BCUT2D eigenvalue weighted by atomic mass is 10.00. The SMILES string of the molecule is Cc1ccc(C(C)NCc2ccccc2[N+](=O)[O-])c(C)c1. The van der Waals surface area contributed by atoms with Crippen molar-refractivity contribution >= 4 is 5.69 Å². The fourth-order valence-electron chi connectivity index (χ4n) is 2.52. The third-order valence-electron chi connectivity index (χ3n) is 3.68. The Morgan fingerprint density at radius 2 is 1.90 bits per heavy atom. The quantitative estimate of drug-likeness (QED) is 0.665. The first-order chi connectivity index (χ1) is 9.99. The summed E-state index contributed by atoms with van der Waals surface area (Å²) in [6, 6.07) is 13.3. The topological polar surface area (TPSA) is 55.2 Å². The summed E-state index contributed by atoms with van der Waals surface area (Å²) in [5.41, 5.74) is 4.57. The number of rotatable bonds is 5. The van der Waals surface area contributed by atoms with Crippen LogP contribution in [0.1, 0.15) is 35.2 Å². The molecule has 0 heterocycles. The Labute approximate surface area is 125 Å². The van der Waals surface area contributed by atoms with E-state index in [4.69, 9.17) is 0 Å². The van der Waals surface area contributed by atoms with E-state index in [0.717, 1.165) is 0 Å². The summed E-state index contributed by atoms with van der Waals surface area (Å²) in [5.74, 6) is 0. The maximum atomic E-state index is 11.0. The highest BCUT2D eigenvalue weighted by atomic mass is 16.6. The molecule has 4 nitrogen and oxygen atoms in total. The molecular formula is C17H20N2O2. The Morgan fingerprint density at radius 3 is 2.57 bits per heavy atom. The highest BCUT2D eigenvalue weighted by molar-refractivity contribution is 5.40. The van der Waals surface area contributed by atoms with Crippen LogP contribution in [0, 0.1) is 24.0 Å². The predicted molar refractivity (Wildman–Crippen MR) is 84.3 cm³/mol. The lowest BCUT2D eigenvalue weighted by Crippen LogP contribution is -2.19. The molecular weight excluding hydrogens is 264 g/mol. The molecule has 110 valence electrons. The molecule has 0 saturated heterocycles. The summed E-state index contributed by atoms with van der Waals surface area (Å²) in [6.07, 6.45) is 0. The summed E-state index contributed by atoms with van der Waals surface area (Å²) in [4.78, 5) is 10.7. The lowest BCUT2D eigenvalue weighted by Gasteiger charge is -2.17. The predicted octanol–water partition coefficient (Wildman–Crippen LogP) is 4.06. The molecule has 0 radical (unpaired) electrons. The van der Waals surface area contributed by atoms with E-state index in [9.17, 15) is 10.1 Å². The van der Waals surface area contributed by atoms with Gasteiger partial charge >= 0.3 is 0 Å². The summed E-state index contributed by atoms with van der Waals surface area (Å²) < 4.78 is 0. The first-order valence-electron chi connectivity index (χ1n) is 7.02. The number of hydrogen-bond donors (Lipinski definition) is 1. The summed E-state index contributed by atoms with van der Waals surface area (Å²) >= 11 is 0. The van der Waals surface area contributed by atoms with Gasteiger partial charge in [-0.25, -0.2) is 0 Å². The zero-order chi connectivity index (χ0) is 15.4. The Bertz CT molecular complexity index is 653. The van der Waals surface area contributed by atoms with Gasteiger partial charge in [-0.2, -0.15) is 0 Å². The Kier molecular flexibility index (Phi) is 4.70. The molecule has 1 unspecified atom stereocenters. The number of para-hydroxylation sites is 1. The average molecular weight is 284 g/mol. The molecule has 4 heteroatoms. The van der Waals surface area contributed by atoms with E-state index in [1.54, 1.807) is 18.2 Å². The molecule has 0 aliphatic carbocycles. The van der Waals surface area contributed by atoms with E-state index >= 15 is 0 Å². The zero-order valence-corrected chi connectivity index (χ0v) is 12.6. The highest BCUT2D eigenvalue weighted by Crippen LogP contribution is 2.21. The van der Waals surface area contributed by atoms with Crippen molar-refractivity contribution in [2.45, 2.75) is 33.4 Å². The highest BCUT2D eigenvalue weighted by Gasteiger charge is 2.14. The molecule has 0 saturated carbocycles. The second-order valence-corrected chi connectivity index (χ2v) is 5.35. The lowest BCUT2D eigenvalue weighted by molar-refractivity contribution is -0.385. The van der Waals surface area contributed by atoms with Gasteiger partial charge in [0.1, 0.15) is 0 Å². The molecule has 1 N–H and O–H groups in total. The van der Waals surface area contributed by atoms with Crippen LogP contribution in [0.2, 0.25) is 0 Å². The molecule has 0 aliphatic heterocycles. The van der Waals surface area contributed by atoms with Crippen LogP contribution in [0.25, 0.3) is 0 Å². The first kappa shape index (κ1) is 15.2. The van der Waals surface area contributed by atoms with E-state index in [1.165, 1.54) is 16.7 Å². The number of hydrogen-bond acceptors (Lipinski definition) is 3. The number of nitro benzene ring substituents is 1. The minimum Gasteiger partial charge on any atom is -0.306 e. The number of nitro groups is 1. The van der Waals surface area contributed by atoms with Crippen LogP contribution in [-0.2, 0) is 6.54 Å². The van der Waals surface area contributed by atoms with Crippen molar-refractivity contribution in [3.05, 3.63) is 74.8 Å². The van der Waals surface area contributed by atoms with E-state index in [-0.39, 0.29) is 16.7 Å². The second kappa shape index (κ2) is 6.50. The molecule has 1 atom stereocenters. The summed E-state index contributed by atoms with van der Waals surface area (Å²) in [5, 5.41) is 14.4. The van der Waals surface area contributed by atoms with Crippen LogP contribution in [0.4, 0.5) is 5.69 Å². The van der Waals surface area contributed by atoms with Gasteiger partial charge in [0.05, 0.1) is 4.92 Å². The van der Waals surface area contributed by atoms with E-state index in [0.29, 0.717) is 12.1 Å². The Hall–Kier alpha value is -2.20. The van der Waals surface area contributed by atoms with Gasteiger partial charge in [-0.15, -0.1) is 0 Å².